The first-order valence-corrected chi connectivity index (χ1v) is 5.83. The van der Waals surface area contributed by atoms with Crippen molar-refractivity contribution in [2.24, 2.45) is 5.10 Å². The third kappa shape index (κ3) is 3.87. The fourth-order valence-corrected chi connectivity index (χ4v) is 1.37. The van der Waals surface area contributed by atoms with Gasteiger partial charge in [0.1, 0.15) is 24.1 Å². The van der Waals surface area contributed by atoms with Gasteiger partial charge in [0.05, 0.1) is 0 Å². The molecule has 6 heteroatoms. The van der Waals surface area contributed by atoms with E-state index in [-0.39, 0.29) is 5.82 Å². The maximum Gasteiger partial charge on any atom is 0.241 e. The largest absolute Gasteiger partial charge is 0.470 e. The van der Waals surface area contributed by atoms with Crippen LogP contribution in [0.25, 0.3) is 0 Å². The van der Waals surface area contributed by atoms with Crippen molar-refractivity contribution in [2.45, 2.75) is 26.4 Å². The van der Waals surface area contributed by atoms with Gasteiger partial charge in [0.25, 0.3) is 0 Å². The number of aromatic nitrogens is 3. The van der Waals surface area contributed by atoms with Gasteiger partial charge in [0.15, 0.2) is 0 Å². The van der Waals surface area contributed by atoms with E-state index in [0.717, 1.165) is 0 Å². The number of halogens is 1. The van der Waals surface area contributed by atoms with E-state index in [0.29, 0.717) is 11.5 Å². The van der Waals surface area contributed by atoms with Gasteiger partial charge in [-0.05, 0) is 45.0 Å². The lowest BCUT2D eigenvalue weighted by Crippen LogP contribution is -2.25. The molecule has 2 aromatic rings. The first kappa shape index (κ1) is 13.2. The average molecular weight is 262 g/mol. The van der Waals surface area contributed by atoms with Gasteiger partial charge >= 0.3 is 0 Å². The average Bonchev–Trinajstić information content (AvgIpc) is 2.80. The molecule has 0 aliphatic heterocycles. The molecule has 0 amide bonds. The molecule has 100 valence electrons. The predicted molar refractivity (Wildman–Crippen MR) is 69.2 cm³/mol. The molecule has 0 spiro atoms. The second kappa shape index (κ2) is 5.17. The molecule has 0 aliphatic rings. The molecule has 0 bridgehead atoms. The summed E-state index contributed by atoms with van der Waals surface area (Å²) in [5.41, 5.74) is 0.250. The number of nitrogens with zero attached hydrogens (tertiary/aromatic N) is 4. The summed E-state index contributed by atoms with van der Waals surface area (Å²) in [7, 11) is 0. The van der Waals surface area contributed by atoms with Crippen LogP contribution in [-0.2, 0) is 4.74 Å². The van der Waals surface area contributed by atoms with Gasteiger partial charge < -0.3 is 4.74 Å². The molecule has 0 fully saturated rings. The molecule has 0 radical (unpaired) electrons. The molecule has 2 rings (SSSR count). The van der Waals surface area contributed by atoms with Gasteiger partial charge in [0.2, 0.25) is 5.90 Å². The fraction of sp³-hybridized carbons (Fsp3) is 0.308. The van der Waals surface area contributed by atoms with Crippen molar-refractivity contribution in [1.29, 1.82) is 0 Å². The summed E-state index contributed by atoms with van der Waals surface area (Å²) in [6.45, 7) is 5.73. The highest BCUT2D eigenvalue weighted by Crippen LogP contribution is 2.13. The molecule has 1 heterocycles. The van der Waals surface area contributed by atoms with Crippen LogP contribution in [0.3, 0.4) is 0 Å². The van der Waals surface area contributed by atoms with Crippen molar-refractivity contribution in [3.05, 3.63) is 48.3 Å². The maximum atomic E-state index is 13.0. The van der Waals surface area contributed by atoms with E-state index in [1.54, 1.807) is 12.1 Å². The van der Waals surface area contributed by atoms with Crippen LogP contribution in [0.1, 0.15) is 26.3 Å². The van der Waals surface area contributed by atoms with Gasteiger partial charge in [-0.3, -0.25) is 0 Å². The summed E-state index contributed by atoms with van der Waals surface area (Å²) in [6, 6.07) is 5.93. The Bertz CT molecular complexity index is 555. The Morgan fingerprint density at radius 2 is 1.95 bits per heavy atom. The quantitative estimate of drug-likeness (QED) is 0.617. The minimum absolute atomic E-state index is 0.306. The maximum absolute atomic E-state index is 13.0. The fourth-order valence-electron chi connectivity index (χ4n) is 1.37. The lowest BCUT2D eigenvalue weighted by atomic mass is 10.1. The van der Waals surface area contributed by atoms with Gasteiger partial charge in [-0.25, -0.2) is 9.37 Å². The second-order valence-corrected chi connectivity index (χ2v) is 4.94. The smallest absolute Gasteiger partial charge is 0.241 e. The lowest BCUT2D eigenvalue weighted by Gasteiger charge is -2.22. The number of rotatable bonds is 2. The summed E-state index contributed by atoms with van der Waals surface area (Å²) in [5, 5.41) is 8.11. The molecule has 0 saturated heterocycles. The van der Waals surface area contributed by atoms with Crippen molar-refractivity contribution in [3.8, 4) is 0 Å². The van der Waals surface area contributed by atoms with E-state index in [1.165, 1.54) is 29.6 Å². The van der Waals surface area contributed by atoms with Crippen LogP contribution < -0.4 is 0 Å². The summed E-state index contributed by atoms with van der Waals surface area (Å²) < 4.78 is 18.7. The number of ether oxygens (including phenoxy) is 1. The molecular weight excluding hydrogens is 247 g/mol. The molecule has 0 unspecified atom stereocenters. The van der Waals surface area contributed by atoms with E-state index in [2.05, 4.69) is 15.2 Å². The number of hydrogen-bond donors (Lipinski definition) is 0. The third-order valence-corrected chi connectivity index (χ3v) is 2.09. The summed E-state index contributed by atoms with van der Waals surface area (Å²) in [6.07, 6.45) is 2.83. The zero-order chi connectivity index (χ0) is 13.9. The van der Waals surface area contributed by atoms with Crippen molar-refractivity contribution in [3.63, 3.8) is 0 Å². The van der Waals surface area contributed by atoms with Crippen molar-refractivity contribution in [2.75, 3.05) is 0 Å². The van der Waals surface area contributed by atoms with Crippen LogP contribution in [0.2, 0.25) is 0 Å². The van der Waals surface area contributed by atoms with Crippen LogP contribution in [0.5, 0.6) is 0 Å². The van der Waals surface area contributed by atoms with Crippen LogP contribution in [0.15, 0.2) is 42.0 Å². The molecule has 5 nitrogen and oxygen atoms in total. The number of benzene rings is 1. The molecule has 0 saturated carbocycles. The molecule has 1 aromatic carbocycles. The van der Waals surface area contributed by atoms with Crippen molar-refractivity contribution >= 4 is 5.90 Å². The summed E-state index contributed by atoms with van der Waals surface area (Å²) in [5.74, 6) is 0.0533. The normalized spacial score (nSPS) is 12.5. The molecule has 0 N–H and O–H groups in total. The Kier molecular flexibility index (Phi) is 3.59. The molecule has 19 heavy (non-hydrogen) atoms. The van der Waals surface area contributed by atoms with Gasteiger partial charge in [-0.15, -0.1) is 15.0 Å². The van der Waals surface area contributed by atoms with E-state index in [1.807, 2.05) is 20.8 Å². The first-order valence-electron chi connectivity index (χ1n) is 5.83. The van der Waals surface area contributed by atoms with E-state index in [9.17, 15) is 4.39 Å². The first-order chi connectivity index (χ1) is 8.94. The van der Waals surface area contributed by atoms with Crippen LogP contribution >= 0.6 is 0 Å². The Morgan fingerprint density at radius 3 is 2.47 bits per heavy atom. The number of hydrogen-bond acceptors (Lipinski definition) is 4. The highest BCUT2D eigenvalue weighted by molar-refractivity contribution is 5.94. The molecule has 1 aromatic heterocycles. The van der Waals surface area contributed by atoms with E-state index < -0.39 is 5.60 Å². The van der Waals surface area contributed by atoms with Gasteiger partial charge in [0, 0.05) is 5.56 Å². The SMILES string of the molecule is CC(C)(C)OC(=Nn1cncn1)c1ccc(F)cc1. The van der Waals surface area contributed by atoms with Crippen LogP contribution in [0.4, 0.5) is 4.39 Å². The van der Waals surface area contributed by atoms with Crippen molar-refractivity contribution < 1.29 is 9.13 Å². The Labute approximate surface area is 110 Å². The highest BCUT2D eigenvalue weighted by Gasteiger charge is 2.17. The minimum atomic E-state index is -0.423. The lowest BCUT2D eigenvalue weighted by molar-refractivity contribution is 0.116. The molecule has 0 aliphatic carbocycles. The van der Waals surface area contributed by atoms with Gasteiger partial charge in [-0.2, -0.15) is 0 Å². The van der Waals surface area contributed by atoms with Crippen LogP contribution in [0, 0.1) is 5.82 Å². The van der Waals surface area contributed by atoms with Crippen LogP contribution in [-0.4, -0.2) is 26.4 Å². The Morgan fingerprint density at radius 1 is 1.26 bits per heavy atom. The minimum Gasteiger partial charge on any atom is -0.470 e. The zero-order valence-electron chi connectivity index (χ0n) is 11.0. The van der Waals surface area contributed by atoms with Gasteiger partial charge in [-0.1, -0.05) is 0 Å². The molecule has 0 atom stereocenters. The highest BCUT2D eigenvalue weighted by atomic mass is 19.1. The van der Waals surface area contributed by atoms with E-state index in [4.69, 9.17) is 4.74 Å². The Hall–Kier alpha value is -2.24. The standard InChI is InChI=1S/C13H15FN4O/c1-13(2,3)19-12(17-18-9-15-8-16-18)10-4-6-11(14)7-5-10/h4-9H,1-3H3. The Balaban J connectivity index is 2.37. The summed E-state index contributed by atoms with van der Waals surface area (Å²) >= 11 is 0. The monoisotopic (exact) mass is 262 g/mol. The van der Waals surface area contributed by atoms with E-state index >= 15 is 0 Å². The molecular formula is C13H15FN4O. The second-order valence-electron chi connectivity index (χ2n) is 4.94. The van der Waals surface area contributed by atoms with Crippen molar-refractivity contribution in [1.82, 2.24) is 14.9 Å². The summed E-state index contributed by atoms with van der Waals surface area (Å²) in [4.78, 5) is 5.10. The topological polar surface area (TPSA) is 52.3 Å². The predicted octanol–water partition coefficient (Wildman–Crippen LogP) is 2.44. The zero-order valence-corrected chi connectivity index (χ0v) is 11.0. The third-order valence-electron chi connectivity index (χ3n) is 2.09.